The Bertz CT molecular complexity index is 7300. The van der Waals surface area contributed by atoms with Crippen LogP contribution < -0.4 is 26.0 Å². The lowest BCUT2D eigenvalue weighted by Gasteiger charge is -2.42. The van der Waals surface area contributed by atoms with E-state index in [1.54, 1.807) is 12.1 Å². The zero-order valence-corrected chi connectivity index (χ0v) is 55.5. The Morgan fingerprint density at radius 2 is 0.777 bits per heavy atom. The van der Waals surface area contributed by atoms with Gasteiger partial charge in [0.2, 0.25) is 6.71 Å². The largest absolute Gasteiger partial charge is 0.457 e. The van der Waals surface area contributed by atoms with Gasteiger partial charge in [-0.1, -0.05) is 308 Å². The molecule has 4 nitrogen and oxygen atoms in total. The van der Waals surface area contributed by atoms with Gasteiger partial charge < -0.3 is 18.8 Å². The molecule has 5 heterocycles. The van der Waals surface area contributed by atoms with Crippen LogP contribution in [-0.2, 0) is 5.41 Å². The van der Waals surface area contributed by atoms with Gasteiger partial charge in [-0.05, 0) is 151 Å². The van der Waals surface area contributed by atoms with E-state index in [-0.39, 0.29) is 67.1 Å². The van der Waals surface area contributed by atoms with Gasteiger partial charge in [0.25, 0.3) is 0 Å². The van der Waals surface area contributed by atoms with Gasteiger partial charge in [-0.25, -0.2) is 0 Å². The van der Waals surface area contributed by atoms with Crippen molar-refractivity contribution in [3.05, 3.63) is 398 Å². The Morgan fingerprint density at radius 1 is 0.320 bits per heavy atom. The Kier molecular flexibility index (Phi) is 10.0. The maximum atomic E-state index is 11.2. The van der Waals surface area contributed by atoms with Gasteiger partial charge in [0.05, 0.1) is 57.8 Å². The third-order valence-corrected chi connectivity index (χ3v) is 21.7. The summed E-state index contributed by atoms with van der Waals surface area (Å²) in [5.74, 6) is 1.21. The second-order valence-corrected chi connectivity index (χ2v) is 27.1. The van der Waals surface area contributed by atoms with Gasteiger partial charge in [-0.3, -0.25) is 0 Å². The van der Waals surface area contributed by atoms with Gasteiger partial charge in [0.15, 0.2) is 0 Å². The van der Waals surface area contributed by atoms with E-state index in [1.807, 2.05) is 109 Å². The van der Waals surface area contributed by atoms with Crippen LogP contribution in [0.3, 0.4) is 0 Å². The van der Waals surface area contributed by atoms with E-state index in [4.69, 9.17) is 13.0 Å². The second-order valence-electron chi connectivity index (χ2n) is 26.0. The van der Waals surface area contributed by atoms with E-state index >= 15 is 0 Å². The number of aromatic nitrogens is 2. The summed E-state index contributed by atoms with van der Waals surface area (Å²) in [4.78, 5) is 3.23. The number of rotatable bonds is 10. The van der Waals surface area contributed by atoms with Crippen LogP contribution >= 0.6 is 11.8 Å². The summed E-state index contributed by atoms with van der Waals surface area (Å²) in [6.45, 7) is -1.08. The average molecular weight is 1350 g/mol. The van der Waals surface area contributed by atoms with Crippen molar-refractivity contribution in [2.75, 3.05) is 4.90 Å². The van der Waals surface area contributed by atoms with E-state index in [0.717, 1.165) is 66.8 Å². The number of hydrogen-bond donors (Lipinski definition) is 0. The lowest BCUT2D eigenvalue weighted by molar-refractivity contribution is 0.435. The first-order valence-electron chi connectivity index (χ1n) is 43.0. The highest BCUT2D eigenvalue weighted by molar-refractivity contribution is 8.00. The summed E-state index contributed by atoms with van der Waals surface area (Å²) < 4.78 is 182. The van der Waals surface area contributed by atoms with Gasteiger partial charge >= 0.3 is 0 Å². The molecule has 0 saturated heterocycles. The highest BCUT2D eigenvalue weighted by Crippen LogP contribution is 2.57. The average Bonchev–Trinajstić information content (AvgIpc) is 1.56. The van der Waals surface area contributed by atoms with E-state index < -0.39 is 109 Å². The van der Waals surface area contributed by atoms with Crippen molar-refractivity contribution in [3.8, 4) is 78.5 Å². The lowest BCUT2D eigenvalue weighted by Crippen LogP contribution is -2.60. The molecule has 6 heteroatoms. The Balaban J connectivity index is 0.920. The maximum Gasteiger partial charge on any atom is 0.249 e. The van der Waals surface area contributed by atoms with E-state index in [1.165, 1.54) is 33.0 Å². The lowest BCUT2D eigenvalue weighted by atomic mass is 9.34. The normalized spacial score (nSPS) is 15.6. The summed E-state index contributed by atoms with van der Waals surface area (Å²) in [5.41, 5.74) is 13.5. The van der Waals surface area contributed by atoms with Crippen molar-refractivity contribution >= 4 is 95.5 Å². The van der Waals surface area contributed by atoms with Crippen LogP contribution in [0.4, 0.5) is 17.1 Å². The van der Waals surface area contributed by atoms with Crippen molar-refractivity contribution in [2.45, 2.75) is 15.2 Å². The maximum absolute atomic E-state index is 11.2. The third kappa shape index (κ3) is 9.21. The molecule has 0 saturated carbocycles. The van der Waals surface area contributed by atoms with Crippen molar-refractivity contribution < 1.29 is 29.4 Å². The molecule has 0 fully saturated rings. The van der Waals surface area contributed by atoms with E-state index in [2.05, 4.69) is 138 Å². The van der Waals surface area contributed by atoms with Crippen LogP contribution in [0.15, 0.2) is 385 Å². The van der Waals surface area contributed by atoms with Gasteiger partial charge in [0.1, 0.15) is 11.5 Å². The number of anilines is 3. The first-order chi connectivity index (χ1) is 58.5. The summed E-state index contributed by atoms with van der Waals surface area (Å²) in [6.07, 6.45) is 0. The van der Waals surface area contributed by atoms with Gasteiger partial charge in [0, 0.05) is 76.3 Å². The molecule has 0 unspecified atom stereocenters. The molecular formula is C97H62BN3OS. The predicted molar refractivity (Wildman–Crippen MR) is 431 cm³/mol. The SMILES string of the molecule is [2H]c1cc(-n2c3c([2H])c([2H])c([2H])c([2H])c3c3c([2H])c([2H])c([2H])c([2H])c32)cc2c1B1c3c([2H])cc(-n4c5c([2H])c([2H])c([2H])c([2H])c5c5c([2H])c([2H])c([2H])c([2H])c54)cc3N(c3c(-c4cccc(-c5ccccc5)c4)cccc3-c3cccc(-c4ccccc4)c3)c3cc(-c4ccc5c(c4)Oc4ccccc4C5(c4ccccc4)c4ccccc4)cc(c31)S2. The van der Waals surface area contributed by atoms with Gasteiger partial charge in [-0.2, -0.15) is 0 Å². The molecule has 2 aromatic heterocycles. The molecule has 0 atom stereocenters. The molecule has 103 heavy (non-hydrogen) atoms. The molecule has 18 aromatic rings. The standard InChI is InChI=1S/C97H62BN3OS/c1-5-26-63(27-6-1)65-30-23-32-68(56-65)75-42-25-43-76(69-33-24-31-66(57-69)64-28-7-2-8-29-64)96(75)101-89-61-73(99-85-45-18-13-38-77(85)78-39-14-19-46-86(78)99)51-54-83(89)98-84-55-52-74(100-87-47-20-15-40-79(87)80-41-16-21-48-88(80)100)62-93(84)103-94-60-70(58-90(101)95(94)98)67-50-53-82-92(59-67)102-91-49-22-17-44-81(91)97(82,71-34-9-3-10-35-71)72-36-11-4-12-37-72/h1-62H/i13D,14D,15D,16D,18D,19D,20D,21D,38D,39D,40D,41D,45D,46D,47D,48D,54D,55D. The van der Waals surface area contributed by atoms with Crippen molar-refractivity contribution in [1.82, 2.24) is 9.13 Å². The molecule has 0 spiro atoms. The number of ether oxygens (including phenoxy) is 1. The fraction of sp³-hybridized carbons (Fsp3) is 0.0103. The minimum atomic E-state index is -1.08. The molecule has 0 N–H and O–H groups in total. The molecule has 0 amide bonds. The molecule has 0 radical (unpaired) electrons. The number of fused-ring (bicyclic) bond motifs is 12. The topological polar surface area (TPSA) is 22.3 Å². The quantitative estimate of drug-likeness (QED) is 0.127. The van der Waals surface area contributed by atoms with Crippen LogP contribution in [0.1, 0.15) is 46.9 Å². The molecular weight excluding hydrogens is 1270 g/mol. The highest BCUT2D eigenvalue weighted by Gasteiger charge is 2.47. The molecule has 480 valence electrons. The molecule has 0 aliphatic carbocycles. The highest BCUT2D eigenvalue weighted by atomic mass is 32.2. The fourth-order valence-corrected chi connectivity index (χ4v) is 17.4. The Morgan fingerprint density at radius 3 is 1.34 bits per heavy atom. The van der Waals surface area contributed by atoms with E-state index in [0.29, 0.717) is 65.9 Å². The Hall–Kier alpha value is -12.9. The summed E-state index contributed by atoms with van der Waals surface area (Å²) in [7, 11) is 0. The predicted octanol–water partition coefficient (Wildman–Crippen LogP) is 23.5. The molecule has 21 rings (SSSR count). The number of nitrogens with zero attached hydrogens (tertiary/aromatic N) is 3. The van der Waals surface area contributed by atoms with Crippen molar-refractivity contribution in [1.29, 1.82) is 0 Å². The molecule has 16 aromatic carbocycles. The number of hydrogen-bond acceptors (Lipinski definition) is 3. The Labute approximate surface area is 627 Å². The van der Waals surface area contributed by atoms with Gasteiger partial charge in [-0.15, -0.1) is 0 Å². The monoisotopic (exact) mass is 1350 g/mol. The first-order valence-corrected chi connectivity index (χ1v) is 34.8. The fourth-order valence-electron chi connectivity index (χ4n) is 16.2. The van der Waals surface area contributed by atoms with E-state index in [9.17, 15) is 16.4 Å². The van der Waals surface area contributed by atoms with Crippen LogP contribution in [0.2, 0.25) is 0 Å². The first kappa shape index (κ1) is 43.6. The van der Waals surface area contributed by atoms with Crippen LogP contribution in [-0.4, -0.2) is 15.8 Å². The number of benzene rings is 16. The zero-order chi connectivity index (χ0) is 83.4. The minimum absolute atomic E-state index is 0.0830. The molecule has 0 bridgehead atoms. The third-order valence-electron chi connectivity index (χ3n) is 20.6. The zero-order valence-electron chi connectivity index (χ0n) is 72.6. The minimum Gasteiger partial charge on any atom is -0.457 e. The summed E-state index contributed by atoms with van der Waals surface area (Å²) >= 11 is 1.33. The summed E-state index contributed by atoms with van der Waals surface area (Å²) in [6, 6.07) is 79.1. The number of para-hydroxylation sites is 6. The second kappa shape index (κ2) is 23.6. The smallest absolute Gasteiger partial charge is 0.249 e. The molecule has 3 aliphatic rings. The van der Waals surface area contributed by atoms with Crippen LogP contribution in [0.5, 0.6) is 11.5 Å². The van der Waals surface area contributed by atoms with Crippen LogP contribution in [0, 0.1) is 0 Å². The van der Waals surface area contributed by atoms with Crippen molar-refractivity contribution in [2.24, 2.45) is 0 Å². The van der Waals surface area contributed by atoms with Crippen LogP contribution in [0.25, 0.3) is 111 Å². The molecule has 3 aliphatic heterocycles. The summed E-state index contributed by atoms with van der Waals surface area (Å²) in [5, 5.41) is -0.615. The van der Waals surface area contributed by atoms with Crippen molar-refractivity contribution in [3.63, 3.8) is 0 Å².